The molecule has 1 aromatic rings. The van der Waals surface area contributed by atoms with Crippen molar-refractivity contribution in [3.05, 3.63) is 41.0 Å². The van der Waals surface area contributed by atoms with Crippen LogP contribution in [0.4, 0.5) is 0 Å². The van der Waals surface area contributed by atoms with Crippen molar-refractivity contribution < 1.29 is 18.9 Å². The molecule has 0 aromatic heterocycles. The molecule has 2 heterocycles. The van der Waals surface area contributed by atoms with Crippen LogP contribution in [-0.4, -0.2) is 44.4 Å². The highest BCUT2D eigenvalue weighted by Crippen LogP contribution is 2.33. The van der Waals surface area contributed by atoms with E-state index in [2.05, 4.69) is 37.3 Å². The molecule has 1 aromatic carbocycles. The van der Waals surface area contributed by atoms with Gasteiger partial charge in [-0.05, 0) is 29.5 Å². The Morgan fingerprint density at radius 1 is 1.17 bits per heavy atom. The van der Waals surface area contributed by atoms with Gasteiger partial charge in [-0.25, -0.2) is 0 Å². The lowest BCUT2D eigenvalue weighted by molar-refractivity contribution is -0.221. The van der Waals surface area contributed by atoms with Gasteiger partial charge in [0.25, 0.3) is 0 Å². The summed E-state index contributed by atoms with van der Waals surface area (Å²) in [6, 6.07) is 8.52. The molecule has 1 aliphatic carbocycles. The summed E-state index contributed by atoms with van der Waals surface area (Å²) >= 11 is 0. The van der Waals surface area contributed by atoms with Gasteiger partial charge in [0, 0.05) is 0 Å². The molecule has 4 rings (SSSR count). The standard InChI is InChI=1S/C19H24O4/c1-2-5-16-17(18-19(23-16)21-9-8-20-18)22-12-13-10-14-6-3-4-7-15(14)11-13/h3-4,6-7,10,16-19H,2,5,8-9,11-12H2,1H3/t16-,17+,18-,19+/m1/s1. The Morgan fingerprint density at radius 3 is 2.91 bits per heavy atom. The quantitative estimate of drug-likeness (QED) is 0.837. The number of benzene rings is 1. The molecular weight excluding hydrogens is 292 g/mol. The van der Waals surface area contributed by atoms with Gasteiger partial charge in [0.15, 0.2) is 6.29 Å². The zero-order valence-electron chi connectivity index (χ0n) is 13.6. The van der Waals surface area contributed by atoms with E-state index in [0.717, 1.165) is 19.3 Å². The van der Waals surface area contributed by atoms with Crippen molar-refractivity contribution in [2.75, 3.05) is 19.8 Å². The van der Waals surface area contributed by atoms with Crippen LogP contribution in [0.3, 0.4) is 0 Å². The van der Waals surface area contributed by atoms with E-state index in [9.17, 15) is 0 Å². The third-order valence-electron chi connectivity index (χ3n) is 4.81. The summed E-state index contributed by atoms with van der Waals surface area (Å²) in [6.45, 7) is 4.03. The van der Waals surface area contributed by atoms with Gasteiger partial charge in [-0.2, -0.15) is 0 Å². The van der Waals surface area contributed by atoms with Crippen LogP contribution in [0, 0.1) is 0 Å². The van der Waals surface area contributed by atoms with Crippen molar-refractivity contribution in [2.24, 2.45) is 0 Å². The number of rotatable bonds is 5. The highest BCUT2D eigenvalue weighted by atomic mass is 16.7. The maximum atomic E-state index is 6.25. The zero-order valence-corrected chi connectivity index (χ0v) is 13.6. The molecule has 4 heteroatoms. The molecule has 2 saturated heterocycles. The van der Waals surface area contributed by atoms with Crippen LogP contribution >= 0.6 is 0 Å². The van der Waals surface area contributed by atoms with Gasteiger partial charge in [-0.15, -0.1) is 0 Å². The van der Waals surface area contributed by atoms with Gasteiger partial charge >= 0.3 is 0 Å². The summed E-state index contributed by atoms with van der Waals surface area (Å²) in [7, 11) is 0. The summed E-state index contributed by atoms with van der Waals surface area (Å²) in [5, 5.41) is 0. The minimum absolute atomic E-state index is 0.0372. The summed E-state index contributed by atoms with van der Waals surface area (Å²) in [6.07, 6.45) is 4.94. The van der Waals surface area contributed by atoms with E-state index in [0.29, 0.717) is 19.8 Å². The molecule has 3 aliphatic rings. The second kappa shape index (κ2) is 6.73. The van der Waals surface area contributed by atoms with Crippen LogP contribution in [0.5, 0.6) is 0 Å². The Bertz CT molecular complexity index is 582. The Morgan fingerprint density at radius 2 is 2.04 bits per heavy atom. The van der Waals surface area contributed by atoms with E-state index in [4.69, 9.17) is 18.9 Å². The molecule has 0 bridgehead atoms. The molecular formula is C19H24O4. The van der Waals surface area contributed by atoms with Crippen molar-refractivity contribution >= 4 is 6.08 Å². The molecule has 0 amide bonds. The summed E-state index contributed by atoms with van der Waals surface area (Å²) < 4.78 is 23.8. The molecule has 2 fully saturated rings. The fourth-order valence-corrected chi connectivity index (χ4v) is 3.72. The Hall–Kier alpha value is -1.20. The Balaban J connectivity index is 1.41. The summed E-state index contributed by atoms with van der Waals surface area (Å²) in [5.41, 5.74) is 4.02. The molecule has 0 saturated carbocycles. The smallest absolute Gasteiger partial charge is 0.186 e. The van der Waals surface area contributed by atoms with Crippen LogP contribution in [0.2, 0.25) is 0 Å². The maximum Gasteiger partial charge on any atom is 0.186 e. The molecule has 4 atom stereocenters. The number of ether oxygens (including phenoxy) is 4. The topological polar surface area (TPSA) is 36.9 Å². The van der Waals surface area contributed by atoms with E-state index in [1.807, 2.05) is 0 Å². The predicted molar refractivity (Wildman–Crippen MR) is 87.1 cm³/mol. The second-order valence-electron chi connectivity index (χ2n) is 6.49. The van der Waals surface area contributed by atoms with Crippen LogP contribution in [0.15, 0.2) is 29.8 Å². The highest BCUT2D eigenvalue weighted by molar-refractivity contribution is 5.63. The van der Waals surface area contributed by atoms with Crippen LogP contribution in [-0.2, 0) is 25.4 Å². The van der Waals surface area contributed by atoms with E-state index < -0.39 is 0 Å². The van der Waals surface area contributed by atoms with Crippen LogP contribution in [0.1, 0.15) is 30.9 Å². The average Bonchev–Trinajstić information content (AvgIpc) is 3.13. The van der Waals surface area contributed by atoms with Gasteiger partial charge in [0.2, 0.25) is 0 Å². The SMILES string of the molecule is CCC[C@H]1O[C@@H]2OCCO[C@@H]2[C@H]1OCC1=Cc2ccccc2C1. The molecule has 2 aliphatic heterocycles. The third kappa shape index (κ3) is 3.09. The van der Waals surface area contributed by atoms with E-state index in [1.165, 1.54) is 16.7 Å². The second-order valence-corrected chi connectivity index (χ2v) is 6.49. The molecule has 0 unspecified atom stereocenters. The first-order chi connectivity index (χ1) is 11.3. The van der Waals surface area contributed by atoms with Gasteiger partial charge in [0.1, 0.15) is 12.2 Å². The van der Waals surface area contributed by atoms with Gasteiger partial charge in [-0.1, -0.05) is 43.7 Å². The molecule has 4 nitrogen and oxygen atoms in total. The molecule has 0 N–H and O–H groups in total. The van der Waals surface area contributed by atoms with E-state index in [-0.39, 0.29) is 24.6 Å². The van der Waals surface area contributed by atoms with Crippen molar-refractivity contribution in [3.8, 4) is 0 Å². The molecule has 0 radical (unpaired) electrons. The minimum atomic E-state index is -0.264. The Labute approximate surface area is 137 Å². The highest BCUT2D eigenvalue weighted by Gasteiger charge is 2.48. The minimum Gasteiger partial charge on any atom is -0.368 e. The monoisotopic (exact) mass is 316 g/mol. The lowest BCUT2D eigenvalue weighted by Gasteiger charge is -2.28. The fraction of sp³-hybridized carbons (Fsp3) is 0.579. The van der Waals surface area contributed by atoms with Crippen LogP contribution in [0.25, 0.3) is 6.08 Å². The summed E-state index contributed by atoms with van der Waals surface area (Å²) in [5.74, 6) is 0. The molecule has 23 heavy (non-hydrogen) atoms. The average molecular weight is 316 g/mol. The van der Waals surface area contributed by atoms with Gasteiger partial charge in [0.05, 0.1) is 25.9 Å². The lowest BCUT2D eigenvalue weighted by Crippen LogP contribution is -2.42. The third-order valence-corrected chi connectivity index (χ3v) is 4.81. The number of hydrogen-bond donors (Lipinski definition) is 0. The van der Waals surface area contributed by atoms with E-state index >= 15 is 0 Å². The number of fused-ring (bicyclic) bond motifs is 2. The summed E-state index contributed by atoms with van der Waals surface area (Å²) in [4.78, 5) is 0. The first kappa shape index (κ1) is 15.3. The van der Waals surface area contributed by atoms with Gasteiger partial charge < -0.3 is 18.9 Å². The Kier molecular flexibility index (Phi) is 4.49. The van der Waals surface area contributed by atoms with E-state index in [1.54, 1.807) is 0 Å². The molecule has 124 valence electrons. The molecule has 0 spiro atoms. The predicted octanol–water partition coefficient (Wildman–Crippen LogP) is 2.95. The van der Waals surface area contributed by atoms with Crippen molar-refractivity contribution in [2.45, 2.75) is 50.8 Å². The van der Waals surface area contributed by atoms with Crippen LogP contribution < -0.4 is 0 Å². The normalized spacial score (nSPS) is 32.5. The van der Waals surface area contributed by atoms with Crippen molar-refractivity contribution in [1.82, 2.24) is 0 Å². The first-order valence-electron chi connectivity index (χ1n) is 8.63. The number of hydrogen-bond acceptors (Lipinski definition) is 4. The lowest BCUT2D eigenvalue weighted by atomic mass is 10.1. The van der Waals surface area contributed by atoms with Crippen molar-refractivity contribution in [3.63, 3.8) is 0 Å². The maximum absolute atomic E-state index is 6.25. The van der Waals surface area contributed by atoms with Crippen molar-refractivity contribution in [1.29, 1.82) is 0 Å². The largest absolute Gasteiger partial charge is 0.368 e. The fourth-order valence-electron chi connectivity index (χ4n) is 3.72. The zero-order chi connectivity index (χ0) is 15.6. The first-order valence-corrected chi connectivity index (χ1v) is 8.63. The van der Waals surface area contributed by atoms with Gasteiger partial charge in [-0.3, -0.25) is 0 Å².